The lowest BCUT2D eigenvalue weighted by molar-refractivity contribution is 0.0892. The summed E-state index contributed by atoms with van der Waals surface area (Å²) in [4.78, 5) is 11.5. The highest BCUT2D eigenvalue weighted by atomic mass is 35.5. The van der Waals surface area contributed by atoms with E-state index in [0.717, 1.165) is 0 Å². The lowest BCUT2D eigenvalue weighted by atomic mass is 10.1. The van der Waals surface area contributed by atoms with Gasteiger partial charge in [0.1, 0.15) is 0 Å². The van der Waals surface area contributed by atoms with Crippen molar-refractivity contribution in [2.45, 2.75) is 6.04 Å². The maximum Gasteiger partial charge on any atom is 0.181 e. The fourth-order valence-electron chi connectivity index (χ4n) is 1.07. The zero-order chi connectivity index (χ0) is 9.68. The lowest BCUT2D eigenvalue weighted by Gasteiger charge is -2.08. The highest BCUT2D eigenvalue weighted by molar-refractivity contribution is 5.99. The van der Waals surface area contributed by atoms with E-state index in [1.165, 1.54) is 7.11 Å². The Hall–Kier alpha value is -0.900. The lowest BCUT2D eigenvalue weighted by Crippen LogP contribution is -2.34. The molecule has 2 N–H and O–H groups in total. The summed E-state index contributed by atoms with van der Waals surface area (Å²) in [6.07, 6.45) is 0. The number of carbonyl (C=O) groups excluding carboxylic acids is 1. The Labute approximate surface area is 89.7 Å². The molecule has 0 saturated heterocycles. The van der Waals surface area contributed by atoms with E-state index in [4.69, 9.17) is 10.5 Å². The van der Waals surface area contributed by atoms with E-state index in [1.54, 1.807) is 12.1 Å². The second kappa shape index (κ2) is 6.54. The number of halogens is 1. The minimum atomic E-state index is -0.563. The van der Waals surface area contributed by atoms with Crippen LogP contribution in [0.3, 0.4) is 0 Å². The van der Waals surface area contributed by atoms with Crippen LogP contribution in [0, 0.1) is 0 Å². The Kier molecular flexibility index (Phi) is 6.12. The number of nitrogens with two attached hydrogens (primary N) is 1. The molecule has 0 spiro atoms. The summed E-state index contributed by atoms with van der Waals surface area (Å²) < 4.78 is 4.80. The van der Waals surface area contributed by atoms with E-state index in [0.29, 0.717) is 5.56 Å². The number of hydrogen-bond donors (Lipinski definition) is 1. The smallest absolute Gasteiger partial charge is 0.181 e. The van der Waals surface area contributed by atoms with Gasteiger partial charge in [-0.15, -0.1) is 12.4 Å². The average molecular weight is 216 g/mol. The van der Waals surface area contributed by atoms with Crippen molar-refractivity contribution in [2.75, 3.05) is 13.7 Å². The predicted molar refractivity (Wildman–Crippen MR) is 57.9 cm³/mol. The van der Waals surface area contributed by atoms with Crippen molar-refractivity contribution >= 4 is 18.2 Å². The predicted octanol–water partition coefficient (Wildman–Crippen LogP) is 1.26. The zero-order valence-electron chi connectivity index (χ0n) is 7.97. The third kappa shape index (κ3) is 3.46. The van der Waals surface area contributed by atoms with Crippen molar-refractivity contribution in [2.24, 2.45) is 5.73 Å². The van der Waals surface area contributed by atoms with Crippen LogP contribution >= 0.6 is 12.4 Å². The van der Waals surface area contributed by atoms with Crippen LogP contribution in [-0.2, 0) is 4.74 Å². The second-order valence-electron chi connectivity index (χ2n) is 2.79. The number of benzene rings is 1. The van der Waals surface area contributed by atoms with Crippen molar-refractivity contribution < 1.29 is 9.53 Å². The Bertz CT molecular complexity index is 277. The molecular formula is C10H14ClNO2. The van der Waals surface area contributed by atoms with Gasteiger partial charge in [-0.1, -0.05) is 30.3 Å². The Morgan fingerprint density at radius 3 is 2.50 bits per heavy atom. The maximum absolute atomic E-state index is 11.5. The van der Waals surface area contributed by atoms with E-state index in [2.05, 4.69) is 0 Å². The highest BCUT2D eigenvalue weighted by Crippen LogP contribution is 2.02. The monoisotopic (exact) mass is 215 g/mol. The quantitative estimate of drug-likeness (QED) is 0.770. The normalized spacial score (nSPS) is 11.6. The average Bonchev–Trinajstić information content (AvgIpc) is 2.18. The van der Waals surface area contributed by atoms with Gasteiger partial charge in [-0.2, -0.15) is 0 Å². The van der Waals surface area contributed by atoms with Crippen LogP contribution in [0.1, 0.15) is 10.4 Å². The molecule has 1 unspecified atom stereocenters. The fourth-order valence-corrected chi connectivity index (χ4v) is 1.07. The van der Waals surface area contributed by atoms with Crippen LogP contribution in [0.4, 0.5) is 0 Å². The molecule has 1 atom stereocenters. The second-order valence-corrected chi connectivity index (χ2v) is 2.79. The summed E-state index contributed by atoms with van der Waals surface area (Å²) in [7, 11) is 1.53. The van der Waals surface area contributed by atoms with Gasteiger partial charge in [0.2, 0.25) is 0 Å². The summed E-state index contributed by atoms with van der Waals surface area (Å²) in [6, 6.07) is 8.42. The molecule has 0 saturated carbocycles. The molecule has 0 aliphatic heterocycles. The summed E-state index contributed by atoms with van der Waals surface area (Å²) in [5.41, 5.74) is 6.22. The molecule has 3 nitrogen and oxygen atoms in total. The Balaban J connectivity index is 0.00000169. The third-order valence-electron chi connectivity index (χ3n) is 1.74. The first-order valence-corrected chi connectivity index (χ1v) is 4.09. The van der Waals surface area contributed by atoms with E-state index < -0.39 is 6.04 Å². The van der Waals surface area contributed by atoms with Gasteiger partial charge in [-0.3, -0.25) is 4.79 Å². The molecule has 0 fully saturated rings. The first kappa shape index (κ1) is 13.1. The minimum Gasteiger partial charge on any atom is -0.383 e. The Morgan fingerprint density at radius 1 is 1.43 bits per heavy atom. The number of Topliss-reactive ketones (excluding diaryl/α,β-unsaturated/α-hetero) is 1. The van der Waals surface area contributed by atoms with E-state index >= 15 is 0 Å². The van der Waals surface area contributed by atoms with Crippen molar-refractivity contribution in [1.82, 2.24) is 0 Å². The molecule has 0 aliphatic rings. The molecule has 0 amide bonds. The summed E-state index contributed by atoms with van der Waals surface area (Å²) in [6.45, 7) is 0.258. The SMILES string of the molecule is COCC(N)C(=O)c1ccccc1.Cl. The summed E-state index contributed by atoms with van der Waals surface area (Å²) >= 11 is 0. The Morgan fingerprint density at radius 2 is 2.00 bits per heavy atom. The van der Waals surface area contributed by atoms with Crippen molar-refractivity contribution in [1.29, 1.82) is 0 Å². The van der Waals surface area contributed by atoms with Crippen LogP contribution in [0.15, 0.2) is 30.3 Å². The molecule has 1 aromatic carbocycles. The first-order valence-electron chi connectivity index (χ1n) is 4.09. The molecule has 1 aromatic rings. The topological polar surface area (TPSA) is 52.3 Å². The van der Waals surface area contributed by atoms with Crippen LogP contribution < -0.4 is 5.73 Å². The first-order chi connectivity index (χ1) is 6.25. The molecular weight excluding hydrogens is 202 g/mol. The zero-order valence-corrected chi connectivity index (χ0v) is 8.79. The van der Waals surface area contributed by atoms with Gasteiger partial charge in [-0.25, -0.2) is 0 Å². The van der Waals surface area contributed by atoms with Gasteiger partial charge in [0, 0.05) is 12.7 Å². The molecule has 14 heavy (non-hydrogen) atoms. The number of ketones is 1. The van der Waals surface area contributed by atoms with Crippen LogP contribution in [-0.4, -0.2) is 25.5 Å². The van der Waals surface area contributed by atoms with Crippen LogP contribution in [0.2, 0.25) is 0 Å². The number of methoxy groups -OCH3 is 1. The largest absolute Gasteiger partial charge is 0.383 e. The number of rotatable bonds is 4. The molecule has 0 aromatic heterocycles. The fraction of sp³-hybridized carbons (Fsp3) is 0.300. The molecule has 0 heterocycles. The van der Waals surface area contributed by atoms with E-state index in [1.807, 2.05) is 18.2 Å². The van der Waals surface area contributed by atoms with Gasteiger partial charge in [0.15, 0.2) is 5.78 Å². The molecule has 1 rings (SSSR count). The van der Waals surface area contributed by atoms with Gasteiger partial charge in [0.25, 0.3) is 0 Å². The number of carbonyl (C=O) groups is 1. The van der Waals surface area contributed by atoms with Gasteiger partial charge >= 0.3 is 0 Å². The molecule has 0 aliphatic carbocycles. The van der Waals surface area contributed by atoms with Gasteiger partial charge in [-0.05, 0) is 0 Å². The van der Waals surface area contributed by atoms with Crippen LogP contribution in [0.25, 0.3) is 0 Å². The van der Waals surface area contributed by atoms with Crippen molar-refractivity contribution in [3.8, 4) is 0 Å². The van der Waals surface area contributed by atoms with E-state index in [-0.39, 0.29) is 24.8 Å². The summed E-state index contributed by atoms with van der Waals surface area (Å²) in [5.74, 6) is -0.0811. The van der Waals surface area contributed by atoms with Gasteiger partial charge < -0.3 is 10.5 Å². The maximum atomic E-state index is 11.5. The molecule has 78 valence electrons. The molecule has 0 bridgehead atoms. The molecule has 4 heteroatoms. The molecule has 0 radical (unpaired) electrons. The van der Waals surface area contributed by atoms with Crippen molar-refractivity contribution in [3.63, 3.8) is 0 Å². The van der Waals surface area contributed by atoms with E-state index in [9.17, 15) is 4.79 Å². The number of hydrogen-bond acceptors (Lipinski definition) is 3. The minimum absolute atomic E-state index is 0. The van der Waals surface area contributed by atoms with Crippen molar-refractivity contribution in [3.05, 3.63) is 35.9 Å². The third-order valence-corrected chi connectivity index (χ3v) is 1.74. The highest BCUT2D eigenvalue weighted by Gasteiger charge is 2.14. The number of ether oxygens (including phenoxy) is 1. The van der Waals surface area contributed by atoms with Gasteiger partial charge in [0.05, 0.1) is 12.6 Å². The summed E-state index contributed by atoms with van der Waals surface area (Å²) in [5, 5.41) is 0. The van der Waals surface area contributed by atoms with Crippen LogP contribution in [0.5, 0.6) is 0 Å². The standard InChI is InChI=1S/C10H13NO2.ClH/c1-13-7-9(11)10(12)8-5-3-2-4-6-8;/h2-6,9H,7,11H2,1H3;1H.